The minimum absolute atomic E-state index is 0.0802. The molecule has 0 fully saturated rings. The first kappa shape index (κ1) is 30.6. The van der Waals surface area contributed by atoms with Gasteiger partial charge in [-0.25, -0.2) is 4.57 Å². The molecule has 1 aromatic heterocycles. The first-order chi connectivity index (χ1) is 19.3. The van der Waals surface area contributed by atoms with E-state index in [0.717, 1.165) is 26.4 Å². The Balaban J connectivity index is 1.63. The molecule has 4 rings (SSSR count). The standard InChI is InChI=1S/C29H34N5O5PS/c1-19(2)21-12-10-20(11-13-21)16-27(35)30-25-17-22(14-15-26(25)41-29(3,4)5)23-8-6-7-9-24(23)28-31-33-34(32-28)18-39-40(36,37)38/h6-15,17,19H,16,18H2,1-5H3,(H,30,35)(H2,36,37,38). The third kappa shape index (κ3) is 8.82. The lowest BCUT2D eigenvalue weighted by atomic mass is 9.98. The van der Waals surface area contributed by atoms with Crippen LogP contribution in [0.3, 0.4) is 0 Å². The molecular weight excluding hydrogens is 561 g/mol. The number of thioether (sulfide) groups is 1. The van der Waals surface area contributed by atoms with E-state index in [1.807, 2.05) is 54.6 Å². The van der Waals surface area contributed by atoms with Crippen LogP contribution in [0.2, 0.25) is 0 Å². The average molecular weight is 596 g/mol. The lowest BCUT2D eigenvalue weighted by Crippen LogP contribution is -2.16. The summed E-state index contributed by atoms with van der Waals surface area (Å²) < 4.78 is 15.4. The number of carbonyl (C=O) groups excluding carboxylic acids is 1. The van der Waals surface area contributed by atoms with Crippen molar-refractivity contribution in [2.45, 2.75) is 63.3 Å². The fourth-order valence-electron chi connectivity index (χ4n) is 4.08. The number of benzene rings is 3. The van der Waals surface area contributed by atoms with Crippen LogP contribution < -0.4 is 5.32 Å². The fraction of sp³-hybridized carbons (Fsp3) is 0.310. The number of carbonyl (C=O) groups is 1. The van der Waals surface area contributed by atoms with Crippen LogP contribution in [-0.4, -0.2) is 40.6 Å². The second-order valence-electron chi connectivity index (χ2n) is 10.8. The van der Waals surface area contributed by atoms with Gasteiger partial charge in [0, 0.05) is 15.2 Å². The summed E-state index contributed by atoms with van der Waals surface area (Å²) in [6.07, 6.45) is 0.253. The molecule has 41 heavy (non-hydrogen) atoms. The Labute approximate surface area is 243 Å². The third-order valence-electron chi connectivity index (χ3n) is 5.95. The number of nitrogens with zero attached hydrogens (tertiary/aromatic N) is 4. The molecule has 4 aromatic rings. The molecule has 0 bridgehead atoms. The number of nitrogens with one attached hydrogen (secondary N) is 1. The molecule has 10 nitrogen and oxygen atoms in total. The Bertz CT molecular complexity index is 1560. The van der Waals surface area contributed by atoms with Crippen molar-refractivity contribution >= 4 is 31.2 Å². The number of hydrogen-bond acceptors (Lipinski definition) is 7. The average Bonchev–Trinajstić information content (AvgIpc) is 3.37. The normalized spacial score (nSPS) is 12.1. The zero-order valence-corrected chi connectivity index (χ0v) is 25.3. The Morgan fingerprint density at radius 2 is 1.73 bits per heavy atom. The Morgan fingerprint density at radius 1 is 1.05 bits per heavy atom. The first-order valence-electron chi connectivity index (χ1n) is 13.1. The summed E-state index contributed by atoms with van der Waals surface area (Å²) in [6, 6.07) is 21.5. The van der Waals surface area contributed by atoms with Gasteiger partial charge >= 0.3 is 7.82 Å². The number of anilines is 1. The lowest BCUT2D eigenvalue weighted by Gasteiger charge is -2.21. The van der Waals surface area contributed by atoms with E-state index in [-0.39, 0.29) is 22.9 Å². The van der Waals surface area contributed by atoms with E-state index in [4.69, 9.17) is 9.79 Å². The van der Waals surface area contributed by atoms with E-state index in [1.54, 1.807) is 11.8 Å². The van der Waals surface area contributed by atoms with E-state index < -0.39 is 14.6 Å². The first-order valence-corrected chi connectivity index (χ1v) is 15.4. The lowest BCUT2D eigenvalue weighted by molar-refractivity contribution is -0.115. The molecule has 3 N–H and O–H groups in total. The van der Waals surface area contributed by atoms with Crippen LogP contribution >= 0.6 is 19.6 Å². The van der Waals surface area contributed by atoms with Gasteiger partial charge < -0.3 is 15.1 Å². The molecule has 0 unspecified atom stereocenters. The van der Waals surface area contributed by atoms with Gasteiger partial charge in [-0.05, 0) is 45.5 Å². The minimum atomic E-state index is -4.68. The summed E-state index contributed by atoms with van der Waals surface area (Å²) in [5.41, 5.74) is 5.17. The van der Waals surface area contributed by atoms with E-state index >= 15 is 0 Å². The van der Waals surface area contributed by atoms with Gasteiger partial charge in [-0.2, -0.15) is 0 Å². The maximum Gasteiger partial charge on any atom is 0.471 e. The zero-order valence-electron chi connectivity index (χ0n) is 23.6. The van der Waals surface area contributed by atoms with E-state index in [1.165, 1.54) is 5.56 Å². The highest BCUT2D eigenvalue weighted by atomic mass is 32.2. The number of aromatic nitrogens is 4. The van der Waals surface area contributed by atoms with Crippen molar-refractivity contribution in [2.24, 2.45) is 0 Å². The van der Waals surface area contributed by atoms with Crippen LogP contribution in [-0.2, 0) is 27.0 Å². The van der Waals surface area contributed by atoms with Gasteiger partial charge in [0.1, 0.15) is 0 Å². The highest BCUT2D eigenvalue weighted by Crippen LogP contribution is 2.40. The predicted molar refractivity (Wildman–Crippen MR) is 160 cm³/mol. The number of rotatable bonds is 10. The second-order valence-corrected chi connectivity index (χ2v) is 13.9. The smallest absolute Gasteiger partial charge is 0.325 e. The maximum atomic E-state index is 13.2. The van der Waals surface area contributed by atoms with E-state index in [0.29, 0.717) is 17.2 Å². The molecule has 0 aliphatic rings. The van der Waals surface area contributed by atoms with Gasteiger partial charge in [-0.3, -0.25) is 9.32 Å². The number of tetrazole rings is 1. The predicted octanol–water partition coefficient (Wildman–Crippen LogP) is 6.27. The highest BCUT2D eigenvalue weighted by molar-refractivity contribution is 8.00. The van der Waals surface area contributed by atoms with Gasteiger partial charge in [-0.1, -0.05) is 89.2 Å². The van der Waals surface area contributed by atoms with Gasteiger partial charge in [0.05, 0.1) is 12.1 Å². The molecule has 1 amide bonds. The summed E-state index contributed by atoms with van der Waals surface area (Å²) in [5.74, 6) is 0.574. The summed E-state index contributed by atoms with van der Waals surface area (Å²) >= 11 is 1.67. The zero-order chi connectivity index (χ0) is 29.8. The molecule has 216 valence electrons. The van der Waals surface area contributed by atoms with Crippen molar-refractivity contribution in [1.29, 1.82) is 0 Å². The van der Waals surface area contributed by atoms with E-state index in [9.17, 15) is 9.36 Å². The van der Waals surface area contributed by atoms with Crippen molar-refractivity contribution < 1.29 is 23.7 Å². The summed E-state index contributed by atoms with van der Waals surface area (Å²) in [5, 5.41) is 15.2. The Kier molecular flexibility index (Phi) is 9.46. The SMILES string of the molecule is CC(C)c1ccc(CC(=O)Nc2cc(-c3ccccc3-c3nnn(COP(=O)(O)O)n3)ccc2SC(C)(C)C)cc1. The summed E-state index contributed by atoms with van der Waals surface area (Å²) in [4.78, 5) is 33.0. The molecule has 0 saturated carbocycles. The van der Waals surface area contributed by atoms with Crippen LogP contribution in [0, 0.1) is 0 Å². The second kappa shape index (κ2) is 12.7. The third-order valence-corrected chi connectivity index (χ3v) is 7.59. The minimum Gasteiger partial charge on any atom is -0.325 e. The monoisotopic (exact) mass is 595 g/mol. The number of amides is 1. The largest absolute Gasteiger partial charge is 0.471 e. The van der Waals surface area contributed by atoms with Crippen molar-refractivity contribution in [2.75, 3.05) is 5.32 Å². The fourth-order valence-corrected chi connectivity index (χ4v) is 5.35. The molecule has 1 heterocycles. The molecule has 0 spiro atoms. The maximum absolute atomic E-state index is 13.2. The molecule has 0 aliphatic heterocycles. The van der Waals surface area contributed by atoms with E-state index in [2.05, 4.69) is 72.0 Å². The van der Waals surface area contributed by atoms with Crippen molar-refractivity contribution in [3.05, 3.63) is 77.9 Å². The Morgan fingerprint density at radius 3 is 2.37 bits per heavy atom. The van der Waals surface area contributed by atoms with Gasteiger partial charge in [-0.15, -0.1) is 26.8 Å². The molecule has 0 atom stereocenters. The molecule has 0 aliphatic carbocycles. The quantitative estimate of drug-likeness (QED) is 0.143. The van der Waals surface area contributed by atoms with Crippen LogP contribution in [0.5, 0.6) is 0 Å². The van der Waals surface area contributed by atoms with Crippen LogP contribution in [0.4, 0.5) is 5.69 Å². The molecule has 12 heteroatoms. The van der Waals surface area contributed by atoms with Crippen LogP contribution in [0.1, 0.15) is 51.7 Å². The van der Waals surface area contributed by atoms with Crippen LogP contribution in [0.25, 0.3) is 22.5 Å². The van der Waals surface area contributed by atoms with Gasteiger partial charge in [0.2, 0.25) is 11.7 Å². The molecule has 0 saturated heterocycles. The van der Waals surface area contributed by atoms with Crippen LogP contribution in [0.15, 0.2) is 71.6 Å². The number of phosphoric ester groups is 1. The van der Waals surface area contributed by atoms with Crippen molar-refractivity contribution in [3.63, 3.8) is 0 Å². The Hall–Kier alpha value is -3.34. The van der Waals surface area contributed by atoms with Gasteiger partial charge in [0.15, 0.2) is 6.73 Å². The van der Waals surface area contributed by atoms with Crippen molar-refractivity contribution in [1.82, 2.24) is 20.2 Å². The number of hydrogen-bond donors (Lipinski definition) is 3. The number of phosphoric acid groups is 1. The van der Waals surface area contributed by atoms with Crippen molar-refractivity contribution in [3.8, 4) is 22.5 Å². The molecular formula is C29H34N5O5PS. The topological polar surface area (TPSA) is 139 Å². The molecule has 0 radical (unpaired) electrons. The summed E-state index contributed by atoms with van der Waals surface area (Å²) in [6.45, 7) is 10.1. The highest BCUT2D eigenvalue weighted by Gasteiger charge is 2.20. The summed E-state index contributed by atoms with van der Waals surface area (Å²) in [7, 11) is -4.68. The molecule has 3 aromatic carbocycles. The van der Waals surface area contributed by atoms with Gasteiger partial charge in [0.25, 0.3) is 0 Å².